The topological polar surface area (TPSA) is 90.0 Å². The molecule has 0 amide bonds. The maximum Gasteiger partial charge on any atom is 0.304 e. The Bertz CT molecular complexity index is 370. The Balaban J connectivity index is 4.00. The molecule has 0 aliphatic carbocycles. The zero-order valence-corrected chi connectivity index (χ0v) is 12.9. The van der Waals surface area contributed by atoms with Crippen LogP contribution in [0, 0.1) is 0 Å². The highest BCUT2D eigenvalue weighted by Gasteiger charge is 2.17. The van der Waals surface area contributed by atoms with Crippen molar-refractivity contribution in [1.82, 2.24) is 13.9 Å². The molecule has 0 saturated heterocycles. The van der Waals surface area contributed by atoms with Gasteiger partial charge >= 0.3 is 5.97 Å². The zero-order valence-electron chi connectivity index (χ0n) is 12.1. The summed E-state index contributed by atoms with van der Waals surface area (Å²) in [5.41, 5.74) is 0. The van der Waals surface area contributed by atoms with Crippen molar-refractivity contribution < 1.29 is 18.3 Å². The maximum absolute atomic E-state index is 11.7. The van der Waals surface area contributed by atoms with E-state index >= 15 is 0 Å². The molecule has 0 spiro atoms. The molecule has 0 aromatic carbocycles. The van der Waals surface area contributed by atoms with E-state index in [2.05, 4.69) is 23.5 Å². The Hall–Kier alpha value is -0.700. The number of nitrogens with zero attached hydrogens (tertiary/aromatic N) is 2. The highest BCUT2D eigenvalue weighted by Crippen LogP contribution is 1.98. The molecule has 7 nitrogen and oxygen atoms in total. The molecule has 0 radical (unpaired) electrons. The van der Waals surface area contributed by atoms with Crippen LogP contribution in [0.3, 0.4) is 0 Å². The van der Waals surface area contributed by atoms with Gasteiger partial charge in [-0.3, -0.25) is 4.79 Å². The normalized spacial score (nSPS) is 12.6. The van der Waals surface area contributed by atoms with E-state index in [-0.39, 0.29) is 13.0 Å². The van der Waals surface area contributed by atoms with E-state index in [0.29, 0.717) is 19.0 Å². The standard InChI is InChI=1S/C11H25N3O4S/c1-10(2)13(3)8-5-7-12-19(17,18)14(4)9-6-11(15)16/h10,12H,5-9H2,1-4H3,(H,15,16). The van der Waals surface area contributed by atoms with Crippen molar-refractivity contribution in [1.29, 1.82) is 0 Å². The van der Waals surface area contributed by atoms with Crippen LogP contribution in [0.2, 0.25) is 0 Å². The molecule has 0 atom stereocenters. The summed E-state index contributed by atoms with van der Waals surface area (Å²) in [5, 5.41) is 8.51. The average Bonchev–Trinajstić information content (AvgIpc) is 2.30. The fourth-order valence-electron chi connectivity index (χ4n) is 1.27. The fourth-order valence-corrected chi connectivity index (χ4v) is 2.23. The molecule has 0 aromatic heterocycles. The van der Waals surface area contributed by atoms with Crippen molar-refractivity contribution >= 4 is 16.2 Å². The van der Waals surface area contributed by atoms with Gasteiger partial charge in [0.1, 0.15) is 0 Å². The summed E-state index contributed by atoms with van der Waals surface area (Å²) < 4.78 is 26.9. The summed E-state index contributed by atoms with van der Waals surface area (Å²) in [4.78, 5) is 12.5. The summed E-state index contributed by atoms with van der Waals surface area (Å²) in [7, 11) is -0.222. The molecule has 0 aliphatic rings. The van der Waals surface area contributed by atoms with Crippen LogP contribution in [0.15, 0.2) is 0 Å². The van der Waals surface area contributed by atoms with Gasteiger partial charge < -0.3 is 10.0 Å². The number of carbonyl (C=O) groups is 1. The molecule has 2 N–H and O–H groups in total. The van der Waals surface area contributed by atoms with E-state index in [1.165, 1.54) is 7.05 Å². The third-order valence-corrected chi connectivity index (χ3v) is 4.48. The lowest BCUT2D eigenvalue weighted by atomic mass is 10.3. The van der Waals surface area contributed by atoms with Crippen LogP contribution in [0.1, 0.15) is 26.7 Å². The highest BCUT2D eigenvalue weighted by atomic mass is 32.2. The zero-order chi connectivity index (χ0) is 15.1. The third-order valence-electron chi connectivity index (χ3n) is 2.90. The van der Waals surface area contributed by atoms with Gasteiger partial charge in [0, 0.05) is 26.2 Å². The smallest absolute Gasteiger partial charge is 0.304 e. The van der Waals surface area contributed by atoms with E-state index in [1.54, 1.807) is 0 Å². The van der Waals surface area contributed by atoms with Crippen molar-refractivity contribution in [2.45, 2.75) is 32.7 Å². The molecule has 114 valence electrons. The number of aliphatic carboxylic acids is 1. The van der Waals surface area contributed by atoms with E-state index < -0.39 is 16.2 Å². The number of hydrogen-bond acceptors (Lipinski definition) is 4. The summed E-state index contributed by atoms with van der Waals surface area (Å²) in [6.45, 7) is 5.26. The quantitative estimate of drug-likeness (QED) is 0.552. The molecule has 8 heteroatoms. The largest absolute Gasteiger partial charge is 0.481 e. The fraction of sp³-hybridized carbons (Fsp3) is 0.909. The molecule has 0 fully saturated rings. The Morgan fingerprint density at radius 3 is 2.32 bits per heavy atom. The Kier molecular flexibility index (Phi) is 8.15. The molecule has 0 bridgehead atoms. The molecule has 0 aliphatic heterocycles. The van der Waals surface area contributed by atoms with Crippen molar-refractivity contribution in [2.24, 2.45) is 0 Å². The first-order valence-corrected chi connectivity index (χ1v) is 7.73. The van der Waals surface area contributed by atoms with E-state index in [4.69, 9.17) is 5.11 Å². The third kappa shape index (κ3) is 8.14. The van der Waals surface area contributed by atoms with Gasteiger partial charge in [-0.25, -0.2) is 4.72 Å². The summed E-state index contributed by atoms with van der Waals surface area (Å²) in [6.07, 6.45) is 0.508. The summed E-state index contributed by atoms with van der Waals surface area (Å²) in [6, 6.07) is 0.426. The van der Waals surface area contributed by atoms with Gasteiger partial charge in [0.2, 0.25) is 0 Å². The Labute approximate surface area is 115 Å². The lowest BCUT2D eigenvalue weighted by molar-refractivity contribution is -0.137. The molecule has 0 saturated carbocycles. The number of rotatable bonds is 10. The minimum absolute atomic E-state index is 0.0312. The van der Waals surface area contributed by atoms with Crippen LogP contribution in [0.5, 0.6) is 0 Å². The minimum atomic E-state index is -3.57. The van der Waals surface area contributed by atoms with Crippen LogP contribution < -0.4 is 4.72 Å². The highest BCUT2D eigenvalue weighted by molar-refractivity contribution is 7.87. The Morgan fingerprint density at radius 2 is 1.84 bits per heavy atom. The van der Waals surface area contributed by atoms with Gasteiger partial charge in [0.25, 0.3) is 10.2 Å². The first kappa shape index (κ1) is 18.3. The van der Waals surface area contributed by atoms with Crippen LogP contribution in [0.25, 0.3) is 0 Å². The SMILES string of the molecule is CC(C)N(C)CCCNS(=O)(=O)N(C)CCC(=O)O. The lowest BCUT2D eigenvalue weighted by Gasteiger charge is -2.21. The first-order chi connectivity index (χ1) is 8.66. The predicted octanol–water partition coefficient (Wildman–Crippen LogP) is -0.0424. The maximum atomic E-state index is 11.7. The van der Waals surface area contributed by atoms with Crippen molar-refractivity contribution in [2.75, 3.05) is 33.7 Å². The minimum Gasteiger partial charge on any atom is -0.481 e. The van der Waals surface area contributed by atoms with Crippen LogP contribution in [0.4, 0.5) is 0 Å². The van der Waals surface area contributed by atoms with Gasteiger partial charge in [0.15, 0.2) is 0 Å². The summed E-state index contributed by atoms with van der Waals surface area (Å²) in [5.74, 6) is -1.01. The van der Waals surface area contributed by atoms with Crippen molar-refractivity contribution in [3.63, 3.8) is 0 Å². The first-order valence-electron chi connectivity index (χ1n) is 6.29. The molecular weight excluding hydrogens is 270 g/mol. The second-order valence-electron chi connectivity index (χ2n) is 4.79. The molecule has 0 aromatic rings. The van der Waals surface area contributed by atoms with Gasteiger partial charge in [-0.05, 0) is 33.9 Å². The number of carboxylic acid groups (broad SMARTS) is 1. The van der Waals surface area contributed by atoms with Crippen LogP contribution in [-0.2, 0) is 15.0 Å². The van der Waals surface area contributed by atoms with E-state index in [9.17, 15) is 13.2 Å². The average molecular weight is 295 g/mol. The van der Waals surface area contributed by atoms with Crippen molar-refractivity contribution in [3.8, 4) is 0 Å². The second-order valence-corrected chi connectivity index (χ2v) is 6.65. The molecule has 0 unspecified atom stereocenters. The van der Waals surface area contributed by atoms with E-state index in [1.807, 2.05) is 7.05 Å². The lowest BCUT2D eigenvalue weighted by Crippen LogP contribution is -2.40. The van der Waals surface area contributed by atoms with Gasteiger partial charge in [0.05, 0.1) is 6.42 Å². The van der Waals surface area contributed by atoms with Gasteiger partial charge in [-0.2, -0.15) is 12.7 Å². The molecule has 0 rings (SSSR count). The van der Waals surface area contributed by atoms with Crippen molar-refractivity contribution in [3.05, 3.63) is 0 Å². The molecule has 19 heavy (non-hydrogen) atoms. The van der Waals surface area contributed by atoms with Crippen LogP contribution in [-0.4, -0.2) is 68.5 Å². The number of nitrogens with one attached hydrogen (secondary N) is 1. The molecule has 0 heterocycles. The second kappa shape index (κ2) is 8.47. The number of carboxylic acids is 1. The monoisotopic (exact) mass is 295 g/mol. The van der Waals surface area contributed by atoms with Gasteiger partial charge in [-0.15, -0.1) is 0 Å². The van der Waals surface area contributed by atoms with Crippen LogP contribution >= 0.6 is 0 Å². The summed E-state index contributed by atoms with van der Waals surface area (Å²) >= 11 is 0. The Morgan fingerprint density at radius 1 is 1.26 bits per heavy atom. The van der Waals surface area contributed by atoms with Gasteiger partial charge in [-0.1, -0.05) is 0 Å². The molecular formula is C11H25N3O4S. The van der Waals surface area contributed by atoms with E-state index in [0.717, 1.165) is 10.8 Å². The predicted molar refractivity (Wildman–Crippen MR) is 74.2 cm³/mol. The number of hydrogen-bond donors (Lipinski definition) is 2.